The molecule has 0 aromatic carbocycles. The van der Waals surface area contributed by atoms with Gasteiger partial charge in [0.2, 0.25) is 0 Å². The minimum absolute atomic E-state index is 0. The van der Waals surface area contributed by atoms with Crippen molar-refractivity contribution < 1.29 is 21.7 Å². The van der Waals surface area contributed by atoms with Crippen molar-refractivity contribution in [2.24, 2.45) is 10.8 Å². The minimum atomic E-state index is 0. The summed E-state index contributed by atoms with van der Waals surface area (Å²) < 4.78 is 0. The summed E-state index contributed by atoms with van der Waals surface area (Å²) in [6.07, 6.45) is 0. The van der Waals surface area contributed by atoms with Gasteiger partial charge < -0.3 is 24.5 Å². The molecule has 0 saturated carbocycles. The Hall–Kier alpha value is 0.634. The third-order valence-corrected chi connectivity index (χ3v) is 0. The number of hydrogen-bond donors (Lipinski definition) is 0. The molecular weight excluding hydrogens is 244 g/mol. The Bertz CT molecular complexity index is 75.8. The Labute approximate surface area is 127 Å². The number of nitrogens with zero attached hydrogens (tertiary/aromatic N) is 2. The molecule has 0 fully saturated rings. The van der Waals surface area contributed by atoms with Crippen molar-refractivity contribution in [2.75, 3.05) is 28.2 Å². The van der Waals surface area contributed by atoms with E-state index in [-0.39, 0.29) is 32.5 Å². The SMILES string of the molecule is C[N-]C.C[N-]C.[CH2-]C(C)(C)C.[CH2-]C(C)(C)C.[Ti+4]. The summed E-state index contributed by atoms with van der Waals surface area (Å²) >= 11 is 0. The van der Waals surface area contributed by atoms with Crippen LogP contribution in [-0.2, 0) is 21.7 Å². The van der Waals surface area contributed by atoms with Gasteiger partial charge in [-0.3, -0.25) is 0 Å². The van der Waals surface area contributed by atoms with E-state index >= 15 is 0 Å². The molecule has 3 heteroatoms. The predicted octanol–water partition coefficient (Wildman–Crippen LogP) is 4.97. The second-order valence-corrected chi connectivity index (χ2v) is 6.02. The fourth-order valence-corrected chi connectivity index (χ4v) is 0. The van der Waals surface area contributed by atoms with Gasteiger partial charge in [-0.2, -0.15) is 39.0 Å². The van der Waals surface area contributed by atoms with Crippen LogP contribution in [0, 0.1) is 24.7 Å². The molecule has 0 spiro atoms. The van der Waals surface area contributed by atoms with Gasteiger partial charge >= 0.3 is 21.7 Å². The van der Waals surface area contributed by atoms with Crippen LogP contribution in [0.25, 0.3) is 10.6 Å². The molecule has 2 nitrogen and oxygen atoms in total. The van der Waals surface area contributed by atoms with Gasteiger partial charge in [-0.15, -0.1) is 0 Å². The normalized spacial score (nSPS) is 9.18. The van der Waals surface area contributed by atoms with Crippen molar-refractivity contribution in [1.82, 2.24) is 0 Å². The largest absolute Gasteiger partial charge is 4.00 e. The maximum absolute atomic E-state index is 3.77. The van der Waals surface area contributed by atoms with Crippen LogP contribution in [0.1, 0.15) is 41.5 Å². The van der Waals surface area contributed by atoms with E-state index in [4.69, 9.17) is 0 Å². The molecule has 0 aliphatic carbocycles. The second-order valence-electron chi connectivity index (χ2n) is 6.02. The molecule has 0 aliphatic heterocycles. The van der Waals surface area contributed by atoms with Crippen molar-refractivity contribution >= 4 is 0 Å². The van der Waals surface area contributed by atoms with Crippen LogP contribution in [0.2, 0.25) is 0 Å². The Morgan fingerprint density at radius 3 is 0.588 bits per heavy atom. The molecule has 0 aromatic heterocycles. The first-order valence-corrected chi connectivity index (χ1v) is 5.50. The summed E-state index contributed by atoms with van der Waals surface area (Å²) in [4.78, 5) is 0. The first kappa shape index (κ1) is 30.6. The van der Waals surface area contributed by atoms with Gasteiger partial charge in [0.25, 0.3) is 0 Å². The Balaban J connectivity index is -0.0000000381. The van der Waals surface area contributed by atoms with Crippen LogP contribution in [-0.4, -0.2) is 28.2 Å². The quantitative estimate of drug-likeness (QED) is 0.442. The van der Waals surface area contributed by atoms with Crippen molar-refractivity contribution in [3.8, 4) is 0 Å². The van der Waals surface area contributed by atoms with Crippen LogP contribution in [0.4, 0.5) is 0 Å². The van der Waals surface area contributed by atoms with E-state index in [1.807, 2.05) is 0 Å². The summed E-state index contributed by atoms with van der Waals surface area (Å²) in [5, 5.41) is 7.00. The van der Waals surface area contributed by atoms with Crippen LogP contribution in [0.15, 0.2) is 0 Å². The fraction of sp³-hybridized carbons (Fsp3) is 0.857. The van der Waals surface area contributed by atoms with Crippen molar-refractivity contribution in [2.45, 2.75) is 41.5 Å². The molecule has 0 heterocycles. The Kier molecular flexibility index (Phi) is 34.1. The monoisotopic (exact) mass is 278 g/mol. The topological polar surface area (TPSA) is 28.2 Å². The van der Waals surface area contributed by atoms with Gasteiger partial charge in [0.05, 0.1) is 0 Å². The van der Waals surface area contributed by atoms with E-state index in [1.54, 1.807) is 28.2 Å². The average Bonchev–Trinajstić information content (AvgIpc) is 1.79. The summed E-state index contributed by atoms with van der Waals surface area (Å²) in [7, 11) is 7.00. The molecule has 0 unspecified atom stereocenters. The molecule has 17 heavy (non-hydrogen) atoms. The zero-order chi connectivity index (χ0) is 14.4. The Morgan fingerprint density at radius 2 is 0.588 bits per heavy atom. The van der Waals surface area contributed by atoms with Crippen LogP contribution in [0.5, 0.6) is 0 Å². The maximum Gasteiger partial charge on any atom is 4.00 e. The van der Waals surface area contributed by atoms with Gasteiger partial charge in [0.15, 0.2) is 0 Å². The smallest absolute Gasteiger partial charge is 0.668 e. The van der Waals surface area contributed by atoms with Crippen LogP contribution >= 0.6 is 0 Å². The molecule has 0 amide bonds. The zero-order valence-electron chi connectivity index (χ0n) is 13.8. The molecule has 104 valence electrons. The van der Waals surface area contributed by atoms with Gasteiger partial charge in [-0.05, 0) is 0 Å². The molecular formula is C14H34N2Ti. The predicted molar refractivity (Wildman–Crippen MR) is 80.0 cm³/mol. The van der Waals surface area contributed by atoms with E-state index in [0.29, 0.717) is 0 Å². The van der Waals surface area contributed by atoms with Gasteiger partial charge in [0.1, 0.15) is 0 Å². The standard InChI is InChI=1S/2C5H11.2C2H6N.Ti/c2*1-5(2,3)4;2*1-3-2;/h2*1H2,2-4H3;2*1-2H3;/q4*-1;+4. The summed E-state index contributed by atoms with van der Waals surface area (Å²) in [5.74, 6) is 0. The van der Waals surface area contributed by atoms with Crippen molar-refractivity contribution in [3.05, 3.63) is 24.5 Å². The van der Waals surface area contributed by atoms with Crippen LogP contribution in [0.3, 0.4) is 0 Å². The third-order valence-electron chi connectivity index (χ3n) is 0. The fourth-order valence-electron chi connectivity index (χ4n) is 0. The molecule has 0 bridgehead atoms. The first-order valence-electron chi connectivity index (χ1n) is 5.50. The molecule has 0 N–H and O–H groups in total. The number of rotatable bonds is 0. The maximum atomic E-state index is 3.77. The summed E-state index contributed by atoms with van der Waals surface area (Å²) in [6, 6.07) is 0. The second kappa shape index (κ2) is 19.0. The van der Waals surface area contributed by atoms with E-state index in [1.165, 1.54) is 0 Å². The Morgan fingerprint density at radius 1 is 0.588 bits per heavy atom. The number of hydrogen-bond acceptors (Lipinski definition) is 0. The molecule has 0 radical (unpaired) electrons. The van der Waals surface area contributed by atoms with E-state index in [0.717, 1.165) is 0 Å². The van der Waals surface area contributed by atoms with E-state index in [9.17, 15) is 0 Å². The zero-order valence-corrected chi connectivity index (χ0v) is 15.4. The molecule has 0 aromatic rings. The molecule has 0 aliphatic rings. The average molecular weight is 278 g/mol. The summed E-state index contributed by atoms with van der Waals surface area (Å²) in [5.41, 5.74) is 0.500. The first-order chi connectivity index (χ1) is 6.83. The minimum Gasteiger partial charge on any atom is -0.668 e. The van der Waals surface area contributed by atoms with Crippen LogP contribution < -0.4 is 0 Å². The van der Waals surface area contributed by atoms with Crippen molar-refractivity contribution in [1.29, 1.82) is 0 Å². The molecule has 0 saturated heterocycles. The van der Waals surface area contributed by atoms with E-state index < -0.39 is 0 Å². The van der Waals surface area contributed by atoms with E-state index in [2.05, 4.69) is 66.0 Å². The van der Waals surface area contributed by atoms with Gasteiger partial charge in [-0.1, -0.05) is 41.5 Å². The molecule has 0 rings (SSSR count). The van der Waals surface area contributed by atoms with Crippen molar-refractivity contribution in [3.63, 3.8) is 0 Å². The summed E-state index contributed by atoms with van der Waals surface area (Å²) in [6.45, 7) is 20.0. The van der Waals surface area contributed by atoms with Gasteiger partial charge in [0, 0.05) is 0 Å². The third kappa shape index (κ3) is 8850. The van der Waals surface area contributed by atoms with Gasteiger partial charge in [-0.25, -0.2) is 0 Å². The molecule has 0 atom stereocenters.